The zero-order valence-corrected chi connectivity index (χ0v) is 16.3. The molecule has 146 valence electrons. The molecule has 0 unspecified atom stereocenters. The Morgan fingerprint density at radius 2 is 1.71 bits per heavy atom. The number of rotatable bonds is 5. The van der Waals surface area contributed by atoms with E-state index in [0.29, 0.717) is 17.5 Å². The van der Waals surface area contributed by atoms with Gasteiger partial charge in [-0.15, -0.1) is 0 Å². The molecule has 3 aromatic rings. The molecule has 28 heavy (non-hydrogen) atoms. The van der Waals surface area contributed by atoms with Gasteiger partial charge >= 0.3 is 0 Å². The summed E-state index contributed by atoms with van der Waals surface area (Å²) in [6.45, 7) is 7.29. The van der Waals surface area contributed by atoms with Crippen LogP contribution in [0.25, 0.3) is 0 Å². The molecule has 1 aromatic carbocycles. The van der Waals surface area contributed by atoms with E-state index in [1.807, 2.05) is 44.2 Å². The number of anilines is 4. The summed E-state index contributed by atoms with van der Waals surface area (Å²) >= 11 is 0. The highest BCUT2D eigenvalue weighted by atomic mass is 16.5. The van der Waals surface area contributed by atoms with Crippen molar-refractivity contribution in [2.75, 3.05) is 48.4 Å². The molecule has 4 rings (SSSR count). The molecule has 1 aliphatic heterocycles. The molecule has 8 nitrogen and oxygen atoms in total. The molecule has 1 N–H and O–H groups in total. The number of nitrogens with zero attached hydrogens (tertiary/aromatic N) is 5. The number of hydrogen-bond acceptors (Lipinski definition) is 8. The third kappa shape index (κ3) is 3.85. The van der Waals surface area contributed by atoms with Gasteiger partial charge in [-0.1, -0.05) is 17.3 Å². The van der Waals surface area contributed by atoms with E-state index >= 15 is 0 Å². The summed E-state index contributed by atoms with van der Waals surface area (Å²) in [6.07, 6.45) is 0. The van der Waals surface area contributed by atoms with E-state index in [9.17, 15) is 0 Å². The maximum Gasteiger partial charge on any atom is 0.175 e. The average molecular weight is 380 g/mol. The van der Waals surface area contributed by atoms with Crippen molar-refractivity contribution in [2.45, 2.75) is 13.8 Å². The van der Waals surface area contributed by atoms with Crippen molar-refractivity contribution < 1.29 is 9.26 Å². The number of aryl methyl sites for hydroxylation is 2. The molecular weight excluding hydrogens is 356 g/mol. The molecule has 3 heterocycles. The van der Waals surface area contributed by atoms with Gasteiger partial charge in [0, 0.05) is 38.3 Å². The SMILES string of the molecule is COc1ccccc1N1CCN(c2cc(Nc3cc(C)on3)nc(C)n2)CC1. The average Bonchev–Trinajstić information content (AvgIpc) is 3.12. The Kier molecular flexibility index (Phi) is 5.01. The van der Waals surface area contributed by atoms with Gasteiger partial charge < -0.3 is 24.4 Å². The van der Waals surface area contributed by atoms with Crippen molar-refractivity contribution in [2.24, 2.45) is 0 Å². The minimum Gasteiger partial charge on any atom is -0.495 e. The summed E-state index contributed by atoms with van der Waals surface area (Å²) in [4.78, 5) is 13.7. The van der Waals surface area contributed by atoms with Crippen LogP contribution in [-0.4, -0.2) is 48.4 Å². The summed E-state index contributed by atoms with van der Waals surface area (Å²) in [7, 11) is 1.71. The lowest BCUT2D eigenvalue weighted by molar-refractivity contribution is 0.400. The Balaban J connectivity index is 1.47. The lowest BCUT2D eigenvalue weighted by atomic mass is 10.2. The predicted octanol–water partition coefficient (Wildman–Crippen LogP) is 3.16. The maximum absolute atomic E-state index is 5.50. The summed E-state index contributed by atoms with van der Waals surface area (Å²) < 4.78 is 10.6. The van der Waals surface area contributed by atoms with Gasteiger partial charge in [-0.2, -0.15) is 0 Å². The van der Waals surface area contributed by atoms with Crippen LogP contribution in [0.5, 0.6) is 5.75 Å². The van der Waals surface area contributed by atoms with Crippen LogP contribution in [0.15, 0.2) is 40.9 Å². The third-order valence-electron chi connectivity index (χ3n) is 4.74. The molecule has 1 aliphatic rings. The van der Waals surface area contributed by atoms with Crippen molar-refractivity contribution in [3.05, 3.63) is 48.0 Å². The van der Waals surface area contributed by atoms with Crippen LogP contribution in [0.4, 0.5) is 23.1 Å². The Bertz CT molecular complexity index is 949. The van der Waals surface area contributed by atoms with E-state index in [-0.39, 0.29) is 0 Å². The first-order valence-electron chi connectivity index (χ1n) is 9.31. The quantitative estimate of drug-likeness (QED) is 0.723. The Hall–Kier alpha value is -3.29. The second-order valence-electron chi connectivity index (χ2n) is 6.75. The van der Waals surface area contributed by atoms with Crippen molar-refractivity contribution in [1.29, 1.82) is 0 Å². The van der Waals surface area contributed by atoms with Gasteiger partial charge in [0.25, 0.3) is 0 Å². The highest BCUT2D eigenvalue weighted by Crippen LogP contribution is 2.29. The van der Waals surface area contributed by atoms with Gasteiger partial charge in [-0.05, 0) is 26.0 Å². The largest absolute Gasteiger partial charge is 0.495 e. The Morgan fingerprint density at radius 1 is 0.964 bits per heavy atom. The third-order valence-corrected chi connectivity index (χ3v) is 4.74. The molecule has 2 aromatic heterocycles. The molecule has 1 saturated heterocycles. The fourth-order valence-corrected chi connectivity index (χ4v) is 3.40. The van der Waals surface area contributed by atoms with Crippen molar-refractivity contribution in [3.8, 4) is 5.75 Å². The lowest BCUT2D eigenvalue weighted by Gasteiger charge is -2.37. The minimum absolute atomic E-state index is 0.641. The van der Waals surface area contributed by atoms with Crippen LogP contribution in [-0.2, 0) is 0 Å². The lowest BCUT2D eigenvalue weighted by Crippen LogP contribution is -2.47. The highest BCUT2D eigenvalue weighted by molar-refractivity contribution is 5.61. The first kappa shape index (κ1) is 18.1. The second kappa shape index (κ2) is 7.75. The molecule has 0 bridgehead atoms. The summed E-state index contributed by atoms with van der Waals surface area (Å²) in [6, 6.07) is 11.9. The Morgan fingerprint density at radius 3 is 2.43 bits per heavy atom. The molecule has 0 atom stereocenters. The van der Waals surface area contributed by atoms with Crippen LogP contribution in [0.3, 0.4) is 0 Å². The van der Waals surface area contributed by atoms with Crippen LogP contribution >= 0.6 is 0 Å². The zero-order chi connectivity index (χ0) is 19.5. The zero-order valence-electron chi connectivity index (χ0n) is 16.3. The molecule has 0 saturated carbocycles. The number of nitrogens with one attached hydrogen (secondary N) is 1. The van der Waals surface area contributed by atoms with E-state index in [2.05, 4.69) is 36.3 Å². The number of hydrogen-bond donors (Lipinski definition) is 1. The van der Waals surface area contributed by atoms with Crippen LogP contribution in [0.2, 0.25) is 0 Å². The molecule has 1 fully saturated rings. The summed E-state index contributed by atoms with van der Waals surface area (Å²) in [5, 5.41) is 7.15. The topological polar surface area (TPSA) is 79.5 Å². The smallest absolute Gasteiger partial charge is 0.175 e. The van der Waals surface area contributed by atoms with Crippen molar-refractivity contribution >= 4 is 23.1 Å². The second-order valence-corrected chi connectivity index (χ2v) is 6.75. The van der Waals surface area contributed by atoms with Gasteiger partial charge in [-0.25, -0.2) is 9.97 Å². The fraction of sp³-hybridized carbons (Fsp3) is 0.350. The van der Waals surface area contributed by atoms with Crippen molar-refractivity contribution in [1.82, 2.24) is 15.1 Å². The highest BCUT2D eigenvalue weighted by Gasteiger charge is 2.21. The number of benzene rings is 1. The maximum atomic E-state index is 5.50. The van der Waals surface area contributed by atoms with Crippen LogP contribution in [0, 0.1) is 13.8 Å². The van der Waals surface area contributed by atoms with Crippen molar-refractivity contribution in [3.63, 3.8) is 0 Å². The Labute approximate surface area is 164 Å². The van der Waals surface area contributed by atoms with Gasteiger partial charge in [0.05, 0.1) is 12.8 Å². The number of methoxy groups -OCH3 is 1. The predicted molar refractivity (Wildman–Crippen MR) is 109 cm³/mol. The normalized spacial score (nSPS) is 14.2. The minimum atomic E-state index is 0.641. The van der Waals surface area contributed by atoms with E-state index in [1.54, 1.807) is 7.11 Å². The van der Waals surface area contributed by atoms with E-state index in [0.717, 1.165) is 49.2 Å². The molecule has 0 radical (unpaired) electrons. The molecular formula is C20H24N6O2. The molecule has 0 spiro atoms. The van der Waals surface area contributed by atoms with Gasteiger partial charge in [-0.3, -0.25) is 0 Å². The number of para-hydroxylation sites is 2. The number of ether oxygens (including phenoxy) is 1. The number of piperazine rings is 1. The van der Waals surface area contributed by atoms with E-state index < -0.39 is 0 Å². The monoisotopic (exact) mass is 380 g/mol. The van der Waals surface area contributed by atoms with E-state index in [4.69, 9.17) is 9.26 Å². The number of aromatic nitrogens is 3. The summed E-state index contributed by atoms with van der Waals surface area (Å²) in [5.74, 6) is 4.64. The van der Waals surface area contributed by atoms with Crippen LogP contribution in [0.1, 0.15) is 11.6 Å². The van der Waals surface area contributed by atoms with E-state index in [1.165, 1.54) is 0 Å². The first-order chi connectivity index (χ1) is 13.6. The fourth-order valence-electron chi connectivity index (χ4n) is 3.40. The summed E-state index contributed by atoms with van der Waals surface area (Å²) in [5.41, 5.74) is 1.13. The van der Waals surface area contributed by atoms with Crippen LogP contribution < -0.4 is 19.9 Å². The standard InChI is InChI=1S/C20H24N6O2/c1-14-12-19(24-28-14)23-18-13-20(22-15(2)21-18)26-10-8-25(9-11-26)16-6-4-5-7-17(16)27-3/h4-7,12-13H,8-11H2,1-3H3,(H,21,22,23,24). The first-order valence-corrected chi connectivity index (χ1v) is 9.31. The molecule has 8 heteroatoms. The molecule has 0 amide bonds. The van der Waals surface area contributed by atoms with Gasteiger partial charge in [0.2, 0.25) is 0 Å². The van der Waals surface area contributed by atoms with Gasteiger partial charge in [0.15, 0.2) is 5.82 Å². The molecule has 0 aliphatic carbocycles. The van der Waals surface area contributed by atoms with Gasteiger partial charge in [0.1, 0.15) is 29.0 Å².